The fourth-order valence-electron chi connectivity index (χ4n) is 3.31. The lowest BCUT2D eigenvalue weighted by Crippen LogP contribution is -2.44. The Balaban J connectivity index is 1.62. The molecule has 1 aliphatic rings. The van der Waals surface area contributed by atoms with Crippen LogP contribution in [-0.4, -0.2) is 42.9 Å². The maximum atomic E-state index is 11.0. The quantitative estimate of drug-likeness (QED) is 0.781. The highest BCUT2D eigenvalue weighted by molar-refractivity contribution is 7.16. The molecule has 1 saturated heterocycles. The molecule has 0 atom stereocenters. The minimum atomic E-state index is -0.921. The Morgan fingerprint density at radius 1 is 1.29 bits per heavy atom. The highest BCUT2D eigenvalue weighted by Gasteiger charge is 2.38. The Morgan fingerprint density at radius 3 is 2.75 bits per heavy atom. The number of rotatable bonds is 3. The van der Waals surface area contributed by atoms with Gasteiger partial charge in [0, 0.05) is 39.4 Å². The van der Waals surface area contributed by atoms with Gasteiger partial charge >= 0.3 is 0 Å². The van der Waals surface area contributed by atoms with Crippen molar-refractivity contribution in [1.29, 1.82) is 0 Å². The van der Waals surface area contributed by atoms with E-state index in [9.17, 15) is 5.11 Å². The van der Waals surface area contributed by atoms with Crippen LogP contribution in [0.2, 0.25) is 0 Å². The molecule has 3 aromatic heterocycles. The first kappa shape index (κ1) is 15.5. The van der Waals surface area contributed by atoms with Crippen molar-refractivity contribution in [3.05, 3.63) is 29.4 Å². The molecule has 1 aliphatic heterocycles. The zero-order valence-electron chi connectivity index (χ0n) is 13.8. The summed E-state index contributed by atoms with van der Waals surface area (Å²) in [7, 11) is 1.82. The number of fused-ring (bicyclic) bond motifs is 1. The van der Waals surface area contributed by atoms with Crippen molar-refractivity contribution in [1.82, 2.24) is 24.7 Å². The Labute approximate surface area is 144 Å². The summed E-state index contributed by atoms with van der Waals surface area (Å²) < 4.78 is 1.66. The second kappa shape index (κ2) is 5.78. The second-order valence-corrected chi connectivity index (χ2v) is 7.08. The second-order valence-electron chi connectivity index (χ2n) is 6.18. The van der Waals surface area contributed by atoms with E-state index < -0.39 is 5.60 Å². The van der Waals surface area contributed by atoms with Gasteiger partial charge in [-0.15, -0.1) is 11.3 Å². The van der Waals surface area contributed by atoms with Gasteiger partial charge in [0.05, 0.1) is 5.39 Å². The predicted molar refractivity (Wildman–Crippen MR) is 93.1 cm³/mol. The van der Waals surface area contributed by atoms with Crippen molar-refractivity contribution in [2.24, 2.45) is 7.05 Å². The van der Waals surface area contributed by atoms with Crippen molar-refractivity contribution in [2.75, 3.05) is 18.0 Å². The molecule has 126 valence electrons. The van der Waals surface area contributed by atoms with Crippen LogP contribution in [-0.2, 0) is 19.1 Å². The molecule has 0 unspecified atom stereocenters. The average Bonchev–Trinajstić information content (AvgIpc) is 3.23. The fraction of sp³-hybridized carbons (Fsp3) is 0.500. The molecule has 3 aromatic rings. The molecule has 4 rings (SSSR count). The van der Waals surface area contributed by atoms with Crippen molar-refractivity contribution in [3.63, 3.8) is 0 Å². The summed E-state index contributed by atoms with van der Waals surface area (Å²) in [4.78, 5) is 16.9. The molecular formula is C16H20N6OS. The van der Waals surface area contributed by atoms with Crippen LogP contribution in [0.4, 0.5) is 5.82 Å². The first-order chi connectivity index (χ1) is 11.6. The highest BCUT2D eigenvalue weighted by atomic mass is 32.1. The van der Waals surface area contributed by atoms with Crippen molar-refractivity contribution >= 4 is 27.4 Å². The molecule has 0 radical (unpaired) electrons. The normalized spacial score (nSPS) is 17.5. The lowest BCUT2D eigenvalue weighted by Gasteiger charge is -2.38. The van der Waals surface area contributed by atoms with Crippen LogP contribution in [0.1, 0.15) is 31.4 Å². The molecule has 0 spiro atoms. The minimum Gasteiger partial charge on any atom is -0.382 e. The molecule has 0 aliphatic carbocycles. The van der Waals surface area contributed by atoms with Gasteiger partial charge in [-0.05, 0) is 11.4 Å². The zero-order valence-corrected chi connectivity index (χ0v) is 14.6. The number of piperidine rings is 1. The topological polar surface area (TPSA) is 80.0 Å². The number of nitrogens with zero attached hydrogens (tertiary/aromatic N) is 6. The molecule has 1 fully saturated rings. The standard InChI is InChI=1S/C16H20N6OS/c1-3-12-19-13(11-4-9-24-14(11)20-12)22-7-5-16(23,6-8-22)15-17-10-18-21(15)2/h4,9-10,23H,3,5-8H2,1-2H3. The number of thiophene rings is 1. The number of aryl methyl sites for hydroxylation is 2. The number of aromatic nitrogens is 5. The first-order valence-corrected chi connectivity index (χ1v) is 9.04. The van der Waals surface area contributed by atoms with Gasteiger partial charge in [-0.1, -0.05) is 6.92 Å². The molecule has 24 heavy (non-hydrogen) atoms. The summed E-state index contributed by atoms with van der Waals surface area (Å²) in [5.41, 5.74) is -0.921. The van der Waals surface area contributed by atoms with E-state index in [0.717, 1.165) is 41.4 Å². The van der Waals surface area contributed by atoms with Gasteiger partial charge in [-0.25, -0.2) is 15.0 Å². The van der Waals surface area contributed by atoms with Crippen LogP contribution in [0.3, 0.4) is 0 Å². The van der Waals surface area contributed by atoms with Gasteiger partial charge in [0.25, 0.3) is 0 Å². The molecule has 0 aromatic carbocycles. The Kier molecular flexibility index (Phi) is 3.73. The van der Waals surface area contributed by atoms with E-state index in [1.807, 2.05) is 7.05 Å². The van der Waals surface area contributed by atoms with E-state index in [-0.39, 0.29) is 0 Å². The van der Waals surface area contributed by atoms with Crippen LogP contribution in [0, 0.1) is 0 Å². The summed E-state index contributed by atoms with van der Waals surface area (Å²) in [6.07, 6.45) is 3.53. The van der Waals surface area contributed by atoms with Gasteiger partial charge in [0.1, 0.15) is 28.4 Å². The van der Waals surface area contributed by atoms with Crippen LogP contribution < -0.4 is 4.90 Å². The average molecular weight is 344 g/mol. The summed E-state index contributed by atoms with van der Waals surface area (Å²) in [6, 6.07) is 2.08. The summed E-state index contributed by atoms with van der Waals surface area (Å²) >= 11 is 1.65. The number of hydrogen-bond acceptors (Lipinski definition) is 7. The molecule has 7 nitrogen and oxygen atoms in total. The van der Waals surface area contributed by atoms with Crippen LogP contribution in [0.5, 0.6) is 0 Å². The number of aliphatic hydroxyl groups is 1. The summed E-state index contributed by atoms with van der Waals surface area (Å²) in [5.74, 6) is 2.49. The van der Waals surface area contributed by atoms with Crippen LogP contribution in [0.25, 0.3) is 10.2 Å². The maximum Gasteiger partial charge on any atom is 0.158 e. The molecule has 8 heteroatoms. The summed E-state index contributed by atoms with van der Waals surface area (Å²) in [6.45, 7) is 3.53. The SMILES string of the molecule is CCc1nc(N2CCC(O)(c3ncnn3C)CC2)c2ccsc2n1. The molecule has 0 saturated carbocycles. The Bertz CT molecular complexity index is 864. The third kappa shape index (κ3) is 2.46. The smallest absolute Gasteiger partial charge is 0.158 e. The monoisotopic (exact) mass is 344 g/mol. The number of hydrogen-bond donors (Lipinski definition) is 1. The maximum absolute atomic E-state index is 11.0. The van der Waals surface area contributed by atoms with Gasteiger partial charge in [-0.2, -0.15) is 5.10 Å². The van der Waals surface area contributed by atoms with Crippen molar-refractivity contribution < 1.29 is 5.11 Å². The predicted octanol–water partition coefficient (Wildman–Crippen LogP) is 1.87. The van der Waals surface area contributed by atoms with E-state index in [1.165, 1.54) is 6.33 Å². The van der Waals surface area contributed by atoms with E-state index in [2.05, 4.69) is 38.3 Å². The van der Waals surface area contributed by atoms with E-state index in [0.29, 0.717) is 18.7 Å². The third-order valence-corrected chi connectivity index (χ3v) is 5.49. The van der Waals surface area contributed by atoms with E-state index in [4.69, 9.17) is 4.98 Å². The van der Waals surface area contributed by atoms with Crippen LogP contribution in [0.15, 0.2) is 17.8 Å². The highest BCUT2D eigenvalue weighted by Crippen LogP contribution is 2.35. The Hall–Kier alpha value is -2.06. The van der Waals surface area contributed by atoms with Gasteiger partial charge in [0.15, 0.2) is 5.82 Å². The van der Waals surface area contributed by atoms with E-state index in [1.54, 1.807) is 16.0 Å². The van der Waals surface area contributed by atoms with E-state index >= 15 is 0 Å². The third-order valence-electron chi connectivity index (χ3n) is 4.69. The van der Waals surface area contributed by atoms with Gasteiger partial charge in [0.2, 0.25) is 0 Å². The lowest BCUT2D eigenvalue weighted by molar-refractivity contribution is -0.000139. The minimum absolute atomic E-state index is 0.608. The molecule has 4 heterocycles. The van der Waals surface area contributed by atoms with Crippen molar-refractivity contribution in [2.45, 2.75) is 31.8 Å². The lowest BCUT2D eigenvalue weighted by atomic mass is 9.90. The Morgan fingerprint density at radius 2 is 2.08 bits per heavy atom. The zero-order chi connectivity index (χ0) is 16.7. The summed E-state index contributed by atoms with van der Waals surface area (Å²) in [5, 5.41) is 18.2. The fourth-order valence-corrected chi connectivity index (χ4v) is 4.09. The van der Waals surface area contributed by atoms with Crippen LogP contribution >= 0.6 is 11.3 Å². The van der Waals surface area contributed by atoms with Gasteiger partial charge < -0.3 is 10.0 Å². The molecule has 1 N–H and O–H groups in total. The largest absolute Gasteiger partial charge is 0.382 e. The first-order valence-electron chi connectivity index (χ1n) is 8.16. The molecular weight excluding hydrogens is 324 g/mol. The molecule has 0 bridgehead atoms. The molecule has 0 amide bonds. The van der Waals surface area contributed by atoms with Crippen molar-refractivity contribution in [3.8, 4) is 0 Å². The number of anilines is 1. The van der Waals surface area contributed by atoms with Gasteiger partial charge in [-0.3, -0.25) is 4.68 Å².